The highest BCUT2D eigenvalue weighted by molar-refractivity contribution is 6.32. The molecule has 5 nitrogen and oxygen atoms in total. The number of para-hydroxylation sites is 1. The van der Waals surface area contributed by atoms with E-state index in [1.807, 2.05) is 29.1 Å². The van der Waals surface area contributed by atoms with Crippen molar-refractivity contribution in [3.05, 3.63) is 77.1 Å². The number of carbonyl (C=O) groups excluding carboxylic acids is 1. The molecule has 6 heteroatoms. The molecule has 4 rings (SSSR count). The number of hydrogen-bond donors (Lipinski definition) is 0. The summed E-state index contributed by atoms with van der Waals surface area (Å²) in [6, 6.07) is 15.4. The largest absolute Gasteiger partial charge is 0.495 e. The summed E-state index contributed by atoms with van der Waals surface area (Å²) >= 11 is 6.06. The average Bonchev–Trinajstić information content (AvgIpc) is 3.28. The van der Waals surface area contributed by atoms with E-state index in [0.29, 0.717) is 28.7 Å². The third-order valence-corrected chi connectivity index (χ3v) is 6.34. The zero-order valence-electron chi connectivity index (χ0n) is 17.8. The Labute approximate surface area is 188 Å². The summed E-state index contributed by atoms with van der Waals surface area (Å²) in [7, 11) is 1.57. The highest BCUT2D eigenvalue weighted by atomic mass is 35.5. The summed E-state index contributed by atoms with van der Waals surface area (Å²) in [5.41, 5.74) is 2.98. The van der Waals surface area contributed by atoms with Crippen molar-refractivity contribution >= 4 is 17.4 Å². The predicted molar refractivity (Wildman–Crippen MR) is 123 cm³/mol. The Bertz CT molecular complexity index is 1010. The van der Waals surface area contributed by atoms with Gasteiger partial charge in [-0.1, -0.05) is 29.8 Å². The van der Waals surface area contributed by atoms with Crippen molar-refractivity contribution < 1.29 is 9.53 Å². The van der Waals surface area contributed by atoms with E-state index in [1.54, 1.807) is 25.3 Å². The van der Waals surface area contributed by atoms with Gasteiger partial charge in [0.15, 0.2) is 5.78 Å². The average molecular weight is 438 g/mol. The molecule has 2 aromatic carbocycles. The molecule has 1 fully saturated rings. The monoisotopic (exact) mass is 437 g/mol. The molecular weight excluding hydrogens is 410 g/mol. The van der Waals surface area contributed by atoms with Crippen LogP contribution in [0.1, 0.15) is 41.6 Å². The van der Waals surface area contributed by atoms with Crippen molar-refractivity contribution in [3.8, 4) is 11.4 Å². The predicted octanol–water partition coefficient (Wildman–Crippen LogP) is 5.41. The first-order chi connectivity index (χ1) is 15.1. The zero-order valence-corrected chi connectivity index (χ0v) is 18.6. The highest BCUT2D eigenvalue weighted by Crippen LogP contribution is 2.27. The van der Waals surface area contributed by atoms with Gasteiger partial charge in [0, 0.05) is 30.3 Å². The Morgan fingerprint density at radius 1 is 1.16 bits per heavy atom. The molecule has 1 saturated heterocycles. The van der Waals surface area contributed by atoms with E-state index in [2.05, 4.69) is 28.3 Å². The number of carbonyl (C=O) groups is 1. The zero-order chi connectivity index (χ0) is 21.6. The smallest absolute Gasteiger partial charge is 0.163 e. The summed E-state index contributed by atoms with van der Waals surface area (Å²) in [6.07, 6.45) is 7.83. The molecule has 162 valence electrons. The number of aromatic nitrogens is 2. The van der Waals surface area contributed by atoms with Crippen LogP contribution in [0.3, 0.4) is 0 Å². The van der Waals surface area contributed by atoms with Crippen LogP contribution in [-0.4, -0.2) is 40.7 Å². The number of ketones is 1. The standard InChI is InChI=1S/C25H28ClN3O2/c1-31-25-15-21(8-9-23(25)26)24(30)10-7-19-11-13-28(14-12-19)17-20-16-27-29(18-20)22-5-3-2-4-6-22/h2-6,8-9,15-16,18-19H,7,10-14,17H2,1H3. The lowest BCUT2D eigenvalue weighted by Gasteiger charge is -2.31. The lowest BCUT2D eigenvalue weighted by Crippen LogP contribution is -2.33. The van der Waals surface area contributed by atoms with Crippen molar-refractivity contribution in [1.29, 1.82) is 0 Å². The van der Waals surface area contributed by atoms with Crippen LogP contribution >= 0.6 is 11.6 Å². The Morgan fingerprint density at radius 3 is 2.68 bits per heavy atom. The minimum atomic E-state index is 0.158. The number of rotatable bonds is 8. The molecule has 31 heavy (non-hydrogen) atoms. The van der Waals surface area contributed by atoms with Crippen LogP contribution in [0.2, 0.25) is 5.02 Å². The fourth-order valence-corrected chi connectivity index (χ4v) is 4.36. The summed E-state index contributed by atoms with van der Waals surface area (Å²) < 4.78 is 7.15. The van der Waals surface area contributed by atoms with Gasteiger partial charge in [0.1, 0.15) is 5.75 Å². The summed E-state index contributed by atoms with van der Waals surface area (Å²) in [6.45, 7) is 3.04. The minimum Gasteiger partial charge on any atom is -0.495 e. The summed E-state index contributed by atoms with van der Waals surface area (Å²) in [5, 5.41) is 5.03. The third kappa shape index (κ3) is 5.54. The Kier molecular flexibility index (Phi) is 7.05. The van der Waals surface area contributed by atoms with E-state index >= 15 is 0 Å². The molecule has 1 aliphatic heterocycles. The van der Waals surface area contributed by atoms with Crippen molar-refractivity contribution in [1.82, 2.24) is 14.7 Å². The number of piperidine rings is 1. The van der Waals surface area contributed by atoms with Gasteiger partial charge in [0.05, 0.1) is 24.0 Å². The Balaban J connectivity index is 1.23. The van der Waals surface area contributed by atoms with Crippen LogP contribution in [0.4, 0.5) is 0 Å². The summed E-state index contributed by atoms with van der Waals surface area (Å²) in [5.74, 6) is 1.31. The van der Waals surface area contributed by atoms with Gasteiger partial charge in [-0.25, -0.2) is 4.68 Å². The number of methoxy groups -OCH3 is 1. The molecule has 2 heterocycles. The van der Waals surface area contributed by atoms with Crippen LogP contribution in [0.15, 0.2) is 60.9 Å². The van der Waals surface area contributed by atoms with Crippen molar-refractivity contribution in [2.75, 3.05) is 20.2 Å². The van der Waals surface area contributed by atoms with Crippen LogP contribution in [0.25, 0.3) is 5.69 Å². The van der Waals surface area contributed by atoms with Crippen LogP contribution in [0, 0.1) is 5.92 Å². The molecule has 0 amide bonds. The van der Waals surface area contributed by atoms with E-state index < -0.39 is 0 Å². The van der Waals surface area contributed by atoms with Crippen LogP contribution < -0.4 is 4.74 Å². The van der Waals surface area contributed by atoms with E-state index in [1.165, 1.54) is 5.56 Å². The number of ether oxygens (including phenoxy) is 1. The Morgan fingerprint density at radius 2 is 1.94 bits per heavy atom. The van der Waals surface area contributed by atoms with E-state index in [4.69, 9.17) is 16.3 Å². The Hall–Kier alpha value is -2.63. The number of likely N-dealkylation sites (tertiary alicyclic amines) is 1. The van der Waals surface area contributed by atoms with Gasteiger partial charge in [0.2, 0.25) is 0 Å². The molecule has 0 unspecified atom stereocenters. The third-order valence-electron chi connectivity index (χ3n) is 6.02. The lowest BCUT2D eigenvalue weighted by atomic mass is 9.90. The van der Waals surface area contributed by atoms with Gasteiger partial charge in [-0.05, 0) is 68.6 Å². The SMILES string of the molecule is COc1cc(C(=O)CCC2CCN(Cc3cnn(-c4ccccc4)c3)CC2)ccc1Cl. The van der Waals surface area contributed by atoms with Crippen molar-refractivity contribution in [2.24, 2.45) is 5.92 Å². The second kappa shape index (κ2) is 10.1. The maximum absolute atomic E-state index is 12.6. The quantitative estimate of drug-likeness (QED) is 0.442. The van der Waals surface area contributed by atoms with Gasteiger partial charge >= 0.3 is 0 Å². The molecule has 0 N–H and O–H groups in total. The van der Waals surface area contributed by atoms with Gasteiger partial charge in [0.25, 0.3) is 0 Å². The number of nitrogens with zero attached hydrogens (tertiary/aromatic N) is 3. The van der Waals surface area contributed by atoms with Gasteiger partial charge in [-0.3, -0.25) is 9.69 Å². The first-order valence-corrected chi connectivity index (χ1v) is 11.2. The molecular formula is C25H28ClN3O2. The first kappa shape index (κ1) is 21.6. The minimum absolute atomic E-state index is 0.158. The van der Waals surface area contributed by atoms with Crippen molar-refractivity contribution in [2.45, 2.75) is 32.2 Å². The molecule has 0 atom stereocenters. The van der Waals surface area contributed by atoms with Gasteiger partial charge in [-0.15, -0.1) is 0 Å². The molecule has 0 radical (unpaired) electrons. The maximum atomic E-state index is 12.6. The topological polar surface area (TPSA) is 47.4 Å². The summed E-state index contributed by atoms with van der Waals surface area (Å²) in [4.78, 5) is 15.1. The lowest BCUT2D eigenvalue weighted by molar-refractivity contribution is 0.0961. The number of benzene rings is 2. The maximum Gasteiger partial charge on any atom is 0.163 e. The number of hydrogen-bond acceptors (Lipinski definition) is 4. The fourth-order valence-electron chi connectivity index (χ4n) is 4.17. The second-order valence-electron chi connectivity index (χ2n) is 8.16. The molecule has 0 aliphatic carbocycles. The second-order valence-corrected chi connectivity index (χ2v) is 8.57. The van der Waals surface area contributed by atoms with E-state index in [0.717, 1.165) is 44.6 Å². The fraction of sp³-hybridized carbons (Fsp3) is 0.360. The number of halogens is 1. The van der Waals surface area contributed by atoms with E-state index in [9.17, 15) is 4.79 Å². The van der Waals surface area contributed by atoms with Crippen LogP contribution in [-0.2, 0) is 6.54 Å². The molecule has 1 aliphatic rings. The van der Waals surface area contributed by atoms with Crippen LogP contribution in [0.5, 0.6) is 5.75 Å². The highest BCUT2D eigenvalue weighted by Gasteiger charge is 2.21. The molecule has 0 spiro atoms. The number of Topliss-reactive ketones (excluding diaryl/α,β-unsaturated/α-hetero) is 1. The molecule has 3 aromatic rings. The molecule has 0 bridgehead atoms. The van der Waals surface area contributed by atoms with Crippen molar-refractivity contribution in [3.63, 3.8) is 0 Å². The van der Waals surface area contributed by atoms with Gasteiger partial charge < -0.3 is 4.74 Å². The molecule has 0 saturated carbocycles. The normalized spacial score (nSPS) is 15.2. The first-order valence-electron chi connectivity index (χ1n) is 10.8. The molecule has 1 aromatic heterocycles. The van der Waals surface area contributed by atoms with Gasteiger partial charge in [-0.2, -0.15) is 5.10 Å². The van der Waals surface area contributed by atoms with E-state index in [-0.39, 0.29) is 5.78 Å².